The van der Waals surface area contributed by atoms with Crippen molar-refractivity contribution in [1.82, 2.24) is 21.3 Å². The van der Waals surface area contributed by atoms with Gasteiger partial charge in [0.2, 0.25) is 17.7 Å². The van der Waals surface area contributed by atoms with Crippen LogP contribution in [0, 0.1) is 16.2 Å². The fraction of sp³-hybridized carbons (Fsp3) is 0.842. The van der Waals surface area contributed by atoms with E-state index in [1.807, 2.05) is 83.1 Å². The Bertz CT molecular complexity index is 1000. The number of rotatable bonds is 25. The first-order valence-electron chi connectivity index (χ1n) is 18.2. The number of carbonyl (C=O) groups is 6. The summed E-state index contributed by atoms with van der Waals surface area (Å²) in [6, 6.07) is 0. The fourth-order valence-electron chi connectivity index (χ4n) is 4.66. The van der Waals surface area contributed by atoms with E-state index in [-0.39, 0.29) is 133 Å². The van der Waals surface area contributed by atoms with Crippen LogP contribution >= 0.6 is 0 Å². The Morgan fingerprint density at radius 2 is 0.667 bits per heavy atom. The minimum Gasteiger partial charge on any atom is -0.379 e. The first-order valence-corrected chi connectivity index (χ1v) is 18.2. The van der Waals surface area contributed by atoms with Gasteiger partial charge in [-0.05, 0) is 20.8 Å². The van der Waals surface area contributed by atoms with Crippen molar-refractivity contribution >= 4 is 35.1 Å². The van der Waals surface area contributed by atoms with Crippen molar-refractivity contribution in [2.24, 2.45) is 16.2 Å². The number of carbonyl (C=O) groups excluding carboxylic acids is 6. The number of ketones is 3. The topological polar surface area (TPSA) is 178 Å². The second kappa shape index (κ2) is 22.4. The summed E-state index contributed by atoms with van der Waals surface area (Å²) in [4.78, 5) is 73.7. The van der Waals surface area contributed by atoms with Gasteiger partial charge in [-0.1, -0.05) is 62.3 Å². The monoisotopic (exact) mass is 727 g/mol. The van der Waals surface area contributed by atoms with E-state index in [2.05, 4.69) is 21.3 Å². The van der Waals surface area contributed by atoms with Gasteiger partial charge in [0.1, 0.15) is 17.3 Å². The third-order valence-electron chi connectivity index (χ3n) is 7.73. The van der Waals surface area contributed by atoms with Gasteiger partial charge in [-0.15, -0.1) is 0 Å². The van der Waals surface area contributed by atoms with Crippen molar-refractivity contribution in [1.29, 1.82) is 0 Å². The minimum atomic E-state index is -0.904. The maximum absolute atomic E-state index is 12.4. The van der Waals surface area contributed by atoms with E-state index in [9.17, 15) is 28.8 Å². The van der Waals surface area contributed by atoms with Crippen molar-refractivity contribution in [3.05, 3.63) is 0 Å². The summed E-state index contributed by atoms with van der Waals surface area (Å²) in [5, 5.41) is 11.8. The first-order chi connectivity index (χ1) is 23.3. The Balaban J connectivity index is 5.30. The molecule has 296 valence electrons. The van der Waals surface area contributed by atoms with Crippen molar-refractivity contribution < 1.29 is 43.0 Å². The maximum Gasteiger partial charge on any atom is 0.222 e. The predicted octanol–water partition coefficient (Wildman–Crippen LogP) is 3.70. The summed E-state index contributed by atoms with van der Waals surface area (Å²) in [5.74, 6) is -0.494. The molecule has 4 N–H and O–H groups in total. The van der Waals surface area contributed by atoms with Gasteiger partial charge in [-0.3, -0.25) is 28.8 Å². The van der Waals surface area contributed by atoms with Crippen molar-refractivity contribution in [2.45, 2.75) is 133 Å². The molecule has 0 spiro atoms. The molecule has 0 fully saturated rings. The van der Waals surface area contributed by atoms with Crippen LogP contribution in [-0.2, 0) is 43.0 Å². The summed E-state index contributed by atoms with van der Waals surface area (Å²) in [6.45, 7) is 23.9. The minimum absolute atomic E-state index is 0.0679. The molecule has 0 atom stereocenters. The molecule has 0 aromatic carbocycles. The molecular formula is C38H70N4O9. The molecule has 0 saturated carbocycles. The average molecular weight is 727 g/mol. The lowest BCUT2D eigenvalue weighted by Crippen LogP contribution is -2.62. The average Bonchev–Trinajstić information content (AvgIpc) is 2.97. The maximum atomic E-state index is 12.4. The highest BCUT2D eigenvalue weighted by Gasteiger charge is 2.35. The molecule has 0 rings (SSSR count). The number of amides is 3. The third-order valence-corrected chi connectivity index (χ3v) is 7.73. The first kappa shape index (κ1) is 48.3. The van der Waals surface area contributed by atoms with Crippen molar-refractivity contribution in [2.75, 3.05) is 59.3 Å². The zero-order valence-corrected chi connectivity index (χ0v) is 33.8. The molecule has 0 heterocycles. The van der Waals surface area contributed by atoms with Gasteiger partial charge in [0.25, 0.3) is 0 Å². The van der Waals surface area contributed by atoms with E-state index < -0.39 is 27.3 Å². The van der Waals surface area contributed by atoms with Crippen molar-refractivity contribution in [3.63, 3.8) is 0 Å². The van der Waals surface area contributed by atoms with E-state index in [1.54, 1.807) is 0 Å². The molecular weight excluding hydrogens is 656 g/mol. The SMILES string of the molecule is CC(C)(C)NC(COCCC(=O)NCCC(=O)C(C)(C)C)(COCCC(=O)NCCC(=O)C(C)(C)C)COCCC(=O)NCCC(=O)C(C)(C)C. The fourth-order valence-corrected chi connectivity index (χ4v) is 4.66. The lowest BCUT2D eigenvalue weighted by atomic mass is 9.89. The Morgan fingerprint density at radius 3 is 0.882 bits per heavy atom. The number of nitrogens with one attached hydrogen (secondary N) is 4. The molecule has 0 bridgehead atoms. The smallest absolute Gasteiger partial charge is 0.222 e. The Kier molecular flexibility index (Phi) is 21.2. The number of ether oxygens (including phenoxy) is 3. The highest BCUT2D eigenvalue weighted by Crippen LogP contribution is 2.18. The Hall–Kier alpha value is -2.74. The molecule has 0 aromatic rings. The molecule has 3 amide bonds. The van der Waals surface area contributed by atoms with Gasteiger partial charge < -0.3 is 35.5 Å². The van der Waals surface area contributed by atoms with Crippen LogP contribution in [0.3, 0.4) is 0 Å². The Morgan fingerprint density at radius 1 is 0.412 bits per heavy atom. The predicted molar refractivity (Wildman–Crippen MR) is 198 cm³/mol. The highest BCUT2D eigenvalue weighted by atomic mass is 16.5. The second-order valence-electron chi connectivity index (χ2n) is 17.4. The van der Waals surface area contributed by atoms with Gasteiger partial charge in [-0.25, -0.2) is 0 Å². The Labute approximate surface area is 307 Å². The lowest BCUT2D eigenvalue weighted by Gasteiger charge is -2.40. The van der Waals surface area contributed by atoms with Gasteiger partial charge >= 0.3 is 0 Å². The largest absolute Gasteiger partial charge is 0.379 e. The lowest BCUT2D eigenvalue weighted by molar-refractivity contribution is -0.127. The zero-order chi connectivity index (χ0) is 39.5. The third kappa shape index (κ3) is 24.2. The number of hydrogen-bond acceptors (Lipinski definition) is 10. The van der Waals surface area contributed by atoms with Crippen LogP contribution in [0.5, 0.6) is 0 Å². The molecule has 13 heteroatoms. The van der Waals surface area contributed by atoms with E-state index in [0.717, 1.165) is 0 Å². The molecule has 0 saturated heterocycles. The summed E-state index contributed by atoms with van der Waals surface area (Å²) in [6.07, 6.45) is 1.03. The molecule has 0 aliphatic heterocycles. The molecule has 0 aliphatic rings. The number of hydrogen-bond donors (Lipinski definition) is 4. The normalized spacial score (nSPS) is 12.7. The summed E-state index contributed by atoms with van der Waals surface area (Å²) in [7, 11) is 0. The zero-order valence-electron chi connectivity index (χ0n) is 33.8. The van der Waals surface area contributed by atoms with Gasteiger partial charge in [0.15, 0.2) is 0 Å². The van der Waals surface area contributed by atoms with Crippen LogP contribution in [0.2, 0.25) is 0 Å². The van der Waals surface area contributed by atoms with E-state index >= 15 is 0 Å². The number of Topliss-reactive ketones (excluding diaryl/α,β-unsaturated/α-hetero) is 3. The summed E-state index contributed by atoms with van der Waals surface area (Å²) < 4.78 is 18.0. The standard InChI is InChI=1S/C38H70N4O9/c1-34(2,3)28(43)13-19-39-31(46)16-22-49-25-38(42-37(10,11)12,26-50-23-17-32(47)40-20-14-29(44)35(4,5)6)27-51-24-18-33(48)41-21-15-30(45)36(7,8)9/h42H,13-27H2,1-12H3,(H,39,46)(H,40,47)(H,41,48). The molecule has 0 unspecified atom stereocenters. The molecule has 13 nitrogen and oxygen atoms in total. The quantitative estimate of drug-likeness (QED) is 0.101. The van der Waals surface area contributed by atoms with Crippen LogP contribution < -0.4 is 21.3 Å². The van der Waals surface area contributed by atoms with E-state index in [0.29, 0.717) is 0 Å². The highest BCUT2D eigenvalue weighted by molar-refractivity contribution is 5.85. The molecule has 51 heavy (non-hydrogen) atoms. The van der Waals surface area contributed by atoms with Crippen LogP contribution in [0.4, 0.5) is 0 Å². The molecule has 0 radical (unpaired) electrons. The summed E-state index contributed by atoms with van der Waals surface area (Å²) >= 11 is 0. The van der Waals surface area contributed by atoms with Crippen molar-refractivity contribution in [3.8, 4) is 0 Å². The molecule has 0 aliphatic carbocycles. The van der Waals surface area contributed by atoms with Crippen LogP contribution in [0.25, 0.3) is 0 Å². The molecule has 0 aromatic heterocycles. The van der Waals surface area contributed by atoms with Gasteiger partial charge in [0, 0.05) is 79.9 Å². The van der Waals surface area contributed by atoms with Gasteiger partial charge in [0.05, 0.1) is 45.2 Å². The van der Waals surface area contributed by atoms with E-state index in [4.69, 9.17) is 14.2 Å². The summed E-state index contributed by atoms with van der Waals surface area (Å²) in [5.41, 5.74) is -2.71. The van der Waals surface area contributed by atoms with Crippen LogP contribution in [0.15, 0.2) is 0 Å². The van der Waals surface area contributed by atoms with Crippen LogP contribution in [0.1, 0.15) is 122 Å². The van der Waals surface area contributed by atoms with E-state index in [1.165, 1.54) is 0 Å². The second-order valence-corrected chi connectivity index (χ2v) is 17.4. The van der Waals surface area contributed by atoms with Gasteiger partial charge in [-0.2, -0.15) is 0 Å². The van der Waals surface area contributed by atoms with Crippen LogP contribution in [-0.4, -0.2) is 105 Å².